The maximum atomic E-state index is 12.7. The monoisotopic (exact) mass is 288 g/mol. The molecule has 3 aliphatic rings. The van der Waals surface area contributed by atoms with Gasteiger partial charge in [0.1, 0.15) is 0 Å². The summed E-state index contributed by atoms with van der Waals surface area (Å²) < 4.78 is 0. The maximum Gasteiger partial charge on any atom is 0.266 e. The molecule has 4 rings (SSSR count). The largest absolute Gasteiger partial charge is 0.268 e. The molecule has 1 aliphatic heterocycles. The van der Waals surface area contributed by atoms with Crippen LogP contribution in [0.1, 0.15) is 6.42 Å². The van der Waals surface area contributed by atoms with Crippen molar-refractivity contribution in [2.75, 3.05) is 4.90 Å². The average Bonchev–Trinajstić information content (AvgIpc) is 2.77. The van der Waals surface area contributed by atoms with E-state index < -0.39 is 0 Å². The van der Waals surface area contributed by atoms with Crippen LogP contribution in [0.25, 0.3) is 0 Å². The van der Waals surface area contributed by atoms with Crippen LogP contribution in [0.15, 0.2) is 83.3 Å². The van der Waals surface area contributed by atoms with E-state index >= 15 is 0 Å². The number of anilines is 1. The fourth-order valence-corrected chi connectivity index (χ4v) is 2.84. The lowest BCUT2D eigenvalue weighted by atomic mass is 10.1. The molecular formula is C18H12N2O2. The molecule has 0 radical (unpaired) electrons. The number of imide groups is 1. The van der Waals surface area contributed by atoms with E-state index in [1.807, 2.05) is 36.5 Å². The Bertz CT molecular complexity index is 789. The first-order valence-electron chi connectivity index (χ1n) is 7.03. The molecule has 0 atom stereocenters. The van der Waals surface area contributed by atoms with E-state index in [9.17, 15) is 9.59 Å². The fourth-order valence-electron chi connectivity index (χ4n) is 2.84. The zero-order valence-electron chi connectivity index (χ0n) is 11.7. The van der Waals surface area contributed by atoms with Crippen LogP contribution in [0.4, 0.5) is 5.69 Å². The number of amides is 2. The van der Waals surface area contributed by atoms with Crippen molar-refractivity contribution in [3.63, 3.8) is 0 Å². The van der Waals surface area contributed by atoms with Gasteiger partial charge >= 0.3 is 0 Å². The highest BCUT2D eigenvalue weighted by atomic mass is 16.2. The van der Waals surface area contributed by atoms with Gasteiger partial charge in [-0.15, -0.1) is 0 Å². The van der Waals surface area contributed by atoms with Gasteiger partial charge in [-0.1, -0.05) is 24.3 Å². The smallest absolute Gasteiger partial charge is 0.266 e. The molecule has 1 saturated heterocycles. The van der Waals surface area contributed by atoms with Crippen LogP contribution >= 0.6 is 0 Å². The highest BCUT2D eigenvalue weighted by Gasteiger charge is 2.40. The fraction of sp³-hybridized carbons (Fsp3) is 0.0556. The lowest BCUT2D eigenvalue weighted by Gasteiger charge is -2.12. The minimum absolute atomic E-state index is 0.291. The summed E-state index contributed by atoms with van der Waals surface area (Å²) in [5.74, 6) is -0.582. The van der Waals surface area contributed by atoms with Gasteiger partial charge in [0.25, 0.3) is 11.8 Å². The topological polar surface area (TPSA) is 50.3 Å². The lowest BCUT2D eigenvalue weighted by molar-refractivity contribution is -0.119. The summed E-state index contributed by atoms with van der Waals surface area (Å²) >= 11 is 0. The Balaban J connectivity index is 1.87. The molecule has 2 amide bonds. The van der Waals surface area contributed by atoms with Crippen molar-refractivity contribution in [2.24, 2.45) is 0 Å². The molecule has 0 saturated carbocycles. The van der Waals surface area contributed by atoms with Crippen molar-refractivity contribution in [3.8, 4) is 0 Å². The molecule has 2 bridgehead atoms. The number of carbonyl (C=O) groups is 2. The van der Waals surface area contributed by atoms with Crippen molar-refractivity contribution >= 4 is 17.5 Å². The summed E-state index contributed by atoms with van der Waals surface area (Å²) in [5, 5.41) is 0. The third-order valence-electron chi connectivity index (χ3n) is 3.86. The number of aromatic nitrogens is 1. The van der Waals surface area contributed by atoms with E-state index in [-0.39, 0.29) is 11.8 Å². The standard InChI is InChI=1S/C18H12N2O2/c21-17-15-9-12-4-1-2-5-13(8-12)10-16(15)18(22)20(17)14-6-3-7-19-11-14/h1-7,9-11H,8H2. The van der Waals surface area contributed by atoms with Gasteiger partial charge in [-0.2, -0.15) is 0 Å². The van der Waals surface area contributed by atoms with E-state index in [1.54, 1.807) is 18.3 Å². The number of pyridine rings is 1. The van der Waals surface area contributed by atoms with E-state index in [2.05, 4.69) is 4.98 Å². The number of allylic oxidation sites excluding steroid dienone is 8. The number of fused-ring (bicyclic) bond motifs is 3. The SMILES string of the molecule is O=C1C2=CC3=CC=CC=C(C=C2C(=O)N1c1cccnc1)C3. The van der Waals surface area contributed by atoms with Gasteiger partial charge in [0.05, 0.1) is 23.0 Å². The minimum Gasteiger partial charge on any atom is -0.268 e. The Hall–Kier alpha value is -3.01. The van der Waals surface area contributed by atoms with Crippen LogP contribution in [0.3, 0.4) is 0 Å². The van der Waals surface area contributed by atoms with Crippen molar-refractivity contribution in [1.29, 1.82) is 0 Å². The van der Waals surface area contributed by atoms with E-state index in [1.165, 1.54) is 11.1 Å². The third kappa shape index (κ3) is 1.89. The average molecular weight is 288 g/mol. The van der Waals surface area contributed by atoms with Crippen LogP contribution in [0.5, 0.6) is 0 Å². The van der Waals surface area contributed by atoms with E-state index in [4.69, 9.17) is 0 Å². The third-order valence-corrected chi connectivity index (χ3v) is 3.86. The van der Waals surface area contributed by atoms with Gasteiger partial charge in [-0.3, -0.25) is 14.6 Å². The number of hydrogen-bond donors (Lipinski definition) is 0. The first-order chi connectivity index (χ1) is 10.7. The second-order valence-corrected chi connectivity index (χ2v) is 5.32. The molecule has 1 aromatic rings. The molecule has 0 aromatic carbocycles. The summed E-state index contributed by atoms with van der Waals surface area (Å²) in [6.07, 6.45) is 15.3. The Morgan fingerprint density at radius 3 is 2.14 bits per heavy atom. The Morgan fingerprint density at radius 2 is 1.59 bits per heavy atom. The van der Waals surface area contributed by atoms with Gasteiger partial charge in [-0.25, -0.2) is 4.90 Å². The van der Waals surface area contributed by atoms with Gasteiger partial charge < -0.3 is 0 Å². The van der Waals surface area contributed by atoms with Gasteiger partial charge in [0.2, 0.25) is 0 Å². The summed E-state index contributed by atoms with van der Waals surface area (Å²) in [6.45, 7) is 0. The van der Waals surface area contributed by atoms with Crippen LogP contribution in [-0.4, -0.2) is 16.8 Å². The Labute approximate surface area is 127 Å². The normalized spacial score (nSPS) is 19.7. The summed E-state index contributed by atoms with van der Waals surface area (Å²) in [7, 11) is 0. The molecule has 0 N–H and O–H groups in total. The molecule has 4 heteroatoms. The number of hydrogen-bond acceptors (Lipinski definition) is 3. The molecule has 0 spiro atoms. The molecule has 106 valence electrons. The number of rotatable bonds is 1. The van der Waals surface area contributed by atoms with Crippen LogP contribution < -0.4 is 4.90 Å². The Morgan fingerprint density at radius 1 is 0.955 bits per heavy atom. The molecule has 0 unspecified atom stereocenters. The highest BCUT2D eigenvalue weighted by Crippen LogP contribution is 2.35. The zero-order chi connectivity index (χ0) is 15.1. The van der Waals surface area contributed by atoms with Crippen LogP contribution in [0, 0.1) is 0 Å². The second-order valence-electron chi connectivity index (χ2n) is 5.32. The van der Waals surface area contributed by atoms with Crippen LogP contribution in [0.2, 0.25) is 0 Å². The second kappa shape index (κ2) is 4.77. The number of carbonyl (C=O) groups excluding carboxylic acids is 2. The number of nitrogens with zero attached hydrogens (tertiary/aromatic N) is 2. The first kappa shape index (κ1) is 12.7. The molecule has 4 nitrogen and oxygen atoms in total. The molecule has 22 heavy (non-hydrogen) atoms. The summed E-state index contributed by atoms with van der Waals surface area (Å²) in [6, 6.07) is 3.42. The molecule has 1 fully saturated rings. The highest BCUT2D eigenvalue weighted by molar-refractivity contribution is 6.37. The van der Waals surface area contributed by atoms with Crippen LogP contribution in [-0.2, 0) is 9.59 Å². The predicted molar refractivity (Wildman–Crippen MR) is 82.8 cm³/mol. The molecular weight excluding hydrogens is 276 g/mol. The minimum atomic E-state index is -0.291. The van der Waals surface area contributed by atoms with Crippen molar-refractivity contribution in [1.82, 2.24) is 4.98 Å². The lowest BCUT2D eigenvalue weighted by Crippen LogP contribution is -2.29. The summed E-state index contributed by atoms with van der Waals surface area (Å²) in [4.78, 5) is 30.5. The zero-order valence-corrected chi connectivity index (χ0v) is 11.7. The van der Waals surface area contributed by atoms with E-state index in [0.717, 1.165) is 17.6 Å². The predicted octanol–water partition coefficient (Wildman–Crippen LogP) is 2.63. The summed E-state index contributed by atoms with van der Waals surface area (Å²) in [5.41, 5.74) is 3.46. The van der Waals surface area contributed by atoms with Gasteiger partial charge in [-0.05, 0) is 41.9 Å². The maximum absolute atomic E-state index is 12.7. The molecule has 1 aromatic heterocycles. The molecule has 2 aliphatic carbocycles. The molecule has 2 heterocycles. The van der Waals surface area contributed by atoms with Crippen molar-refractivity contribution in [2.45, 2.75) is 6.42 Å². The Kier molecular flexibility index (Phi) is 2.76. The van der Waals surface area contributed by atoms with Gasteiger partial charge in [0.15, 0.2) is 0 Å². The van der Waals surface area contributed by atoms with Crippen molar-refractivity contribution < 1.29 is 9.59 Å². The quantitative estimate of drug-likeness (QED) is 0.746. The first-order valence-corrected chi connectivity index (χ1v) is 7.03. The van der Waals surface area contributed by atoms with Crippen molar-refractivity contribution in [3.05, 3.63) is 83.3 Å². The van der Waals surface area contributed by atoms with Gasteiger partial charge in [0, 0.05) is 6.20 Å². The van der Waals surface area contributed by atoms with E-state index in [0.29, 0.717) is 16.8 Å².